The topological polar surface area (TPSA) is 67.7 Å². The number of ether oxygens (including phenoxy) is 1. The average Bonchev–Trinajstić information content (AvgIpc) is 2.25. The summed E-state index contributed by atoms with van der Waals surface area (Å²) in [5, 5.41) is 0. The minimum atomic E-state index is -0.547. The molecule has 0 unspecified atom stereocenters. The van der Waals surface area contributed by atoms with E-state index in [4.69, 9.17) is 0 Å². The molecule has 0 spiro atoms. The fraction of sp³-hybridized carbons (Fsp3) is 0.333. The van der Waals surface area contributed by atoms with Gasteiger partial charge in [-0.15, -0.1) is 0 Å². The number of esters is 1. The van der Waals surface area contributed by atoms with Gasteiger partial charge in [0.25, 0.3) is 0 Å². The highest BCUT2D eigenvalue weighted by atomic mass is 16.5. The first-order valence-electron chi connectivity index (χ1n) is 4.25. The van der Waals surface area contributed by atoms with Gasteiger partial charge in [-0.05, 0) is 0 Å². The SMILES string of the molecule is COC(=O)c1nccnc1N=CN(C)C. The number of aromatic nitrogens is 2. The summed E-state index contributed by atoms with van der Waals surface area (Å²) in [4.78, 5) is 24.8. The molecule has 0 aliphatic heterocycles. The Morgan fingerprint density at radius 3 is 2.73 bits per heavy atom. The van der Waals surface area contributed by atoms with Gasteiger partial charge < -0.3 is 9.64 Å². The Morgan fingerprint density at radius 1 is 1.47 bits per heavy atom. The number of carbonyl (C=O) groups is 1. The van der Waals surface area contributed by atoms with Crippen LogP contribution in [-0.4, -0.2) is 48.4 Å². The molecule has 6 heteroatoms. The molecule has 0 saturated carbocycles. The molecule has 0 aromatic carbocycles. The lowest BCUT2D eigenvalue weighted by Gasteiger charge is -2.03. The van der Waals surface area contributed by atoms with E-state index >= 15 is 0 Å². The first-order chi connectivity index (χ1) is 7.15. The number of aliphatic imine (C=N–C) groups is 1. The second-order valence-corrected chi connectivity index (χ2v) is 2.93. The standard InChI is InChI=1S/C9H12N4O2/c1-13(2)6-12-8-7(9(14)15-3)10-4-5-11-8/h4-6H,1-3H3. The van der Waals surface area contributed by atoms with Crippen LogP contribution in [-0.2, 0) is 4.74 Å². The highest BCUT2D eigenvalue weighted by molar-refractivity contribution is 5.92. The Morgan fingerprint density at radius 2 is 2.13 bits per heavy atom. The lowest BCUT2D eigenvalue weighted by molar-refractivity contribution is 0.0594. The van der Waals surface area contributed by atoms with E-state index < -0.39 is 5.97 Å². The smallest absolute Gasteiger partial charge is 0.360 e. The quantitative estimate of drug-likeness (QED) is 0.410. The summed E-state index contributed by atoms with van der Waals surface area (Å²) in [5.74, 6) is -0.299. The Bertz CT molecular complexity index is 376. The zero-order valence-electron chi connectivity index (χ0n) is 8.84. The van der Waals surface area contributed by atoms with E-state index in [-0.39, 0.29) is 11.5 Å². The fourth-order valence-corrected chi connectivity index (χ4v) is 0.836. The highest BCUT2D eigenvalue weighted by Crippen LogP contribution is 2.12. The first kappa shape index (κ1) is 11.1. The zero-order valence-corrected chi connectivity index (χ0v) is 8.84. The third kappa shape index (κ3) is 3.01. The van der Waals surface area contributed by atoms with Crippen molar-refractivity contribution in [2.45, 2.75) is 0 Å². The van der Waals surface area contributed by atoms with Crippen LogP contribution < -0.4 is 0 Å². The van der Waals surface area contributed by atoms with Gasteiger partial charge in [0.2, 0.25) is 0 Å². The van der Waals surface area contributed by atoms with Crippen LogP contribution in [0, 0.1) is 0 Å². The molecule has 0 atom stereocenters. The van der Waals surface area contributed by atoms with E-state index in [0.29, 0.717) is 0 Å². The predicted molar refractivity (Wildman–Crippen MR) is 55.2 cm³/mol. The van der Waals surface area contributed by atoms with Gasteiger partial charge in [-0.2, -0.15) is 0 Å². The summed E-state index contributed by atoms with van der Waals surface area (Å²) >= 11 is 0. The Balaban J connectivity index is 3.01. The lowest BCUT2D eigenvalue weighted by Crippen LogP contribution is -2.09. The maximum atomic E-state index is 11.3. The second kappa shape index (κ2) is 5.04. The van der Waals surface area contributed by atoms with Crippen molar-refractivity contribution in [1.82, 2.24) is 14.9 Å². The molecule has 1 aromatic heterocycles. The van der Waals surface area contributed by atoms with Crippen LogP contribution in [0.5, 0.6) is 0 Å². The molecule has 0 saturated heterocycles. The summed E-state index contributed by atoms with van der Waals surface area (Å²) in [6.07, 6.45) is 4.42. The van der Waals surface area contributed by atoms with Crippen molar-refractivity contribution in [3.05, 3.63) is 18.1 Å². The van der Waals surface area contributed by atoms with Crippen LogP contribution in [0.2, 0.25) is 0 Å². The van der Waals surface area contributed by atoms with Crippen LogP contribution in [0.3, 0.4) is 0 Å². The molecular formula is C9H12N4O2. The van der Waals surface area contributed by atoms with E-state index in [1.807, 2.05) is 14.1 Å². The maximum absolute atomic E-state index is 11.3. The third-order valence-corrected chi connectivity index (χ3v) is 1.47. The van der Waals surface area contributed by atoms with Crippen molar-refractivity contribution in [2.75, 3.05) is 21.2 Å². The van der Waals surface area contributed by atoms with Crippen molar-refractivity contribution in [1.29, 1.82) is 0 Å². The molecule has 1 heterocycles. The molecule has 15 heavy (non-hydrogen) atoms. The number of nitrogens with zero attached hydrogens (tertiary/aromatic N) is 4. The second-order valence-electron chi connectivity index (χ2n) is 2.93. The minimum absolute atomic E-state index is 0.109. The largest absolute Gasteiger partial charge is 0.464 e. The van der Waals surface area contributed by atoms with Gasteiger partial charge in [0.05, 0.1) is 13.4 Å². The molecule has 6 nitrogen and oxygen atoms in total. The van der Waals surface area contributed by atoms with Crippen LogP contribution in [0.4, 0.5) is 5.82 Å². The molecule has 0 N–H and O–H groups in total. The normalized spacial score (nSPS) is 10.3. The molecule has 0 aliphatic carbocycles. The van der Waals surface area contributed by atoms with Crippen molar-refractivity contribution >= 4 is 18.1 Å². The summed E-state index contributed by atoms with van der Waals surface area (Å²) < 4.78 is 4.55. The maximum Gasteiger partial charge on any atom is 0.360 e. The van der Waals surface area contributed by atoms with Crippen molar-refractivity contribution < 1.29 is 9.53 Å². The van der Waals surface area contributed by atoms with E-state index in [2.05, 4.69) is 19.7 Å². The lowest BCUT2D eigenvalue weighted by atomic mass is 10.4. The molecule has 1 rings (SSSR count). The molecular weight excluding hydrogens is 196 g/mol. The summed E-state index contributed by atoms with van der Waals surface area (Å²) in [7, 11) is 4.92. The molecule has 80 valence electrons. The Kier molecular flexibility index (Phi) is 3.73. The van der Waals surface area contributed by atoms with E-state index in [1.165, 1.54) is 25.8 Å². The van der Waals surface area contributed by atoms with Gasteiger partial charge in [-0.25, -0.2) is 19.8 Å². The van der Waals surface area contributed by atoms with Gasteiger partial charge in [-0.3, -0.25) is 0 Å². The number of rotatable bonds is 3. The van der Waals surface area contributed by atoms with Crippen molar-refractivity contribution in [2.24, 2.45) is 4.99 Å². The minimum Gasteiger partial charge on any atom is -0.464 e. The Hall–Kier alpha value is -1.98. The molecule has 0 amide bonds. The number of hydrogen-bond acceptors (Lipinski definition) is 5. The fourth-order valence-electron chi connectivity index (χ4n) is 0.836. The highest BCUT2D eigenvalue weighted by Gasteiger charge is 2.13. The number of hydrogen-bond donors (Lipinski definition) is 0. The van der Waals surface area contributed by atoms with Crippen LogP contribution in [0.1, 0.15) is 10.5 Å². The summed E-state index contributed by atoms with van der Waals surface area (Å²) in [6.45, 7) is 0. The first-order valence-corrected chi connectivity index (χ1v) is 4.25. The van der Waals surface area contributed by atoms with Gasteiger partial charge in [0.15, 0.2) is 11.5 Å². The zero-order chi connectivity index (χ0) is 11.3. The van der Waals surface area contributed by atoms with Crippen molar-refractivity contribution in [3.63, 3.8) is 0 Å². The number of methoxy groups -OCH3 is 1. The van der Waals surface area contributed by atoms with E-state index in [9.17, 15) is 4.79 Å². The monoisotopic (exact) mass is 208 g/mol. The molecule has 0 aliphatic rings. The van der Waals surface area contributed by atoms with Gasteiger partial charge in [0.1, 0.15) is 0 Å². The van der Waals surface area contributed by atoms with Gasteiger partial charge in [0, 0.05) is 26.5 Å². The third-order valence-electron chi connectivity index (χ3n) is 1.47. The van der Waals surface area contributed by atoms with Crippen LogP contribution in [0.25, 0.3) is 0 Å². The molecule has 0 radical (unpaired) electrons. The van der Waals surface area contributed by atoms with Crippen molar-refractivity contribution in [3.8, 4) is 0 Å². The molecule has 0 fully saturated rings. The Labute approximate surface area is 87.6 Å². The predicted octanol–water partition coefficient (Wildman–Crippen LogP) is 0.485. The van der Waals surface area contributed by atoms with Crippen LogP contribution >= 0.6 is 0 Å². The average molecular weight is 208 g/mol. The summed E-state index contributed by atoms with van der Waals surface area (Å²) in [5.41, 5.74) is 0.109. The van der Waals surface area contributed by atoms with Gasteiger partial charge in [-0.1, -0.05) is 0 Å². The van der Waals surface area contributed by atoms with E-state index in [0.717, 1.165) is 0 Å². The molecule has 0 bridgehead atoms. The number of carbonyl (C=O) groups excluding carboxylic acids is 1. The molecule has 1 aromatic rings. The van der Waals surface area contributed by atoms with E-state index in [1.54, 1.807) is 4.90 Å². The summed E-state index contributed by atoms with van der Waals surface area (Å²) in [6, 6.07) is 0. The van der Waals surface area contributed by atoms with Crippen LogP contribution in [0.15, 0.2) is 17.4 Å². The van der Waals surface area contributed by atoms with Gasteiger partial charge >= 0.3 is 5.97 Å².